The molecule has 10 heteroatoms. The molecule has 0 amide bonds. The van der Waals surface area contributed by atoms with E-state index in [0.29, 0.717) is 17.5 Å². The van der Waals surface area contributed by atoms with Gasteiger partial charge in [0.25, 0.3) is 0 Å². The third-order valence-electron chi connectivity index (χ3n) is 3.45. The fourth-order valence-electron chi connectivity index (χ4n) is 2.22. The Bertz CT molecular complexity index is 974. The van der Waals surface area contributed by atoms with E-state index in [1.54, 1.807) is 31.2 Å². The smallest absolute Gasteiger partial charge is 0.244 e. The second kappa shape index (κ2) is 8.49. The zero-order valence-corrected chi connectivity index (χ0v) is 17.2. The SMILES string of the molecule is CCOc1ccc(Br)cc1S(=O)(=O)NCCc1ccc(S(N)(=O)=O)cc1. The molecule has 0 unspecified atom stereocenters. The minimum Gasteiger partial charge on any atom is -0.492 e. The van der Waals surface area contributed by atoms with E-state index >= 15 is 0 Å². The van der Waals surface area contributed by atoms with Crippen LogP contribution in [0.15, 0.2) is 56.7 Å². The number of nitrogens with two attached hydrogens (primary N) is 1. The number of hydrogen-bond acceptors (Lipinski definition) is 5. The Balaban J connectivity index is 2.08. The van der Waals surface area contributed by atoms with Gasteiger partial charge in [0.2, 0.25) is 20.0 Å². The first-order valence-electron chi connectivity index (χ1n) is 7.67. The van der Waals surface area contributed by atoms with Crippen LogP contribution in [0.4, 0.5) is 0 Å². The van der Waals surface area contributed by atoms with Crippen LogP contribution in [0, 0.1) is 0 Å². The Morgan fingerprint density at radius 2 is 1.73 bits per heavy atom. The van der Waals surface area contributed by atoms with Crippen molar-refractivity contribution in [2.45, 2.75) is 23.1 Å². The number of rotatable bonds is 8. The molecule has 0 aliphatic rings. The predicted octanol–water partition coefficient (Wildman–Crippen LogP) is 2.02. The number of ether oxygens (including phenoxy) is 1. The fraction of sp³-hybridized carbons (Fsp3) is 0.250. The zero-order chi connectivity index (χ0) is 19.4. The molecule has 0 saturated heterocycles. The van der Waals surface area contributed by atoms with Crippen LogP contribution in [0.3, 0.4) is 0 Å². The molecular formula is C16H19BrN2O5S2. The van der Waals surface area contributed by atoms with Crippen LogP contribution in [-0.2, 0) is 26.5 Å². The first-order valence-corrected chi connectivity index (χ1v) is 11.5. The summed E-state index contributed by atoms with van der Waals surface area (Å²) in [4.78, 5) is 0.0654. The molecule has 142 valence electrons. The van der Waals surface area contributed by atoms with Gasteiger partial charge in [-0.15, -0.1) is 0 Å². The van der Waals surface area contributed by atoms with Gasteiger partial charge in [0, 0.05) is 11.0 Å². The van der Waals surface area contributed by atoms with E-state index in [1.807, 2.05) is 0 Å². The summed E-state index contributed by atoms with van der Waals surface area (Å²) in [6, 6.07) is 10.7. The van der Waals surface area contributed by atoms with E-state index in [9.17, 15) is 16.8 Å². The minimum atomic E-state index is -3.76. The molecule has 2 aromatic carbocycles. The van der Waals surface area contributed by atoms with Crippen LogP contribution in [0.2, 0.25) is 0 Å². The number of halogens is 1. The van der Waals surface area contributed by atoms with Crippen molar-refractivity contribution < 1.29 is 21.6 Å². The van der Waals surface area contributed by atoms with Gasteiger partial charge in [-0.25, -0.2) is 26.7 Å². The van der Waals surface area contributed by atoms with Crippen molar-refractivity contribution in [3.05, 3.63) is 52.5 Å². The Kier molecular flexibility index (Phi) is 6.80. The molecule has 0 spiro atoms. The molecule has 7 nitrogen and oxygen atoms in total. The molecule has 0 heterocycles. The number of nitrogens with one attached hydrogen (secondary N) is 1. The molecule has 0 fully saturated rings. The van der Waals surface area contributed by atoms with Crippen molar-refractivity contribution >= 4 is 36.0 Å². The quantitative estimate of drug-likeness (QED) is 0.622. The van der Waals surface area contributed by atoms with Crippen molar-refractivity contribution in [2.75, 3.05) is 13.2 Å². The van der Waals surface area contributed by atoms with Gasteiger partial charge >= 0.3 is 0 Å². The van der Waals surface area contributed by atoms with E-state index < -0.39 is 20.0 Å². The highest BCUT2D eigenvalue weighted by molar-refractivity contribution is 9.10. The highest BCUT2D eigenvalue weighted by Crippen LogP contribution is 2.27. The standard InChI is InChI=1S/C16H19BrN2O5S2/c1-2-24-15-8-5-13(17)11-16(15)26(22,23)19-10-9-12-3-6-14(7-4-12)25(18,20)21/h3-8,11,19H,2,9-10H2,1H3,(H2,18,20,21). The molecule has 2 aromatic rings. The van der Waals surface area contributed by atoms with Crippen molar-refractivity contribution in [2.24, 2.45) is 5.14 Å². The zero-order valence-electron chi connectivity index (χ0n) is 14.0. The molecule has 0 aromatic heterocycles. The van der Waals surface area contributed by atoms with Gasteiger partial charge in [-0.2, -0.15) is 0 Å². The summed E-state index contributed by atoms with van der Waals surface area (Å²) < 4.78 is 56.1. The average Bonchev–Trinajstić information content (AvgIpc) is 2.56. The van der Waals surface area contributed by atoms with Gasteiger partial charge in [0.05, 0.1) is 11.5 Å². The second-order valence-corrected chi connectivity index (χ2v) is 9.57. The summed E-state index contributed by atoms with van der Waals surface area (Å²) in [6.07, 6.45) is 0.391. The Labute approximate surface area is 161 Å². The molecule has 0 atom stereocenters. The van der Waals surface area contributed by atoms with Crippen LogP contribution >= 0.6 is 15.9 Å². The summed E-state index contributed by atoms with van der Waals surface area (Å²) >= 11 is 3.26. The van der Waals surface area contributed by atoms with E-state index in [1.165, 1.54) is 18.2 Å². The molecule has 0 radical (unpaired) electrons. The van der Waals surface area contributed by atoms with Crippen LogP contribution in [0.5, 0.6) is 5.75 Å². The summed E-state index contributed by atoms with van der Waals surface area (Å²) in [7, 11) is -7.50. The van der Waals surface area contributed by atoms with Crippen LogP contribution in [-0.4, -0.2) is 30.0 Å². The first-order chi connectivity index (χ1) is 12.1. The van der Waals surface area contributed by atoms with Crippen LogP contribution < -0.4 is 14.6 Å². The number of hydrogen-bond donors (Lipinski definition) is 2. The maximum absolute atomic E-state index is 12.5. The molecule has 0 aliphatic heterocycles. The van der Waals surface area contributed by atoms with E-state index in [-0.39, 0.29) is 22.1 Å². The van der Waals surface area contributed by atoms with Crippen molar-refractivity contribution in [1.82, 2.24) is 4.72 Å². The van der Waals surface area contributed by atoms with Gasteiger partial charge in [-0.1, -0.05) is 28.1 Å². The number of sulfonamides is 2. The summed E-state index contributed by atoms with van der Waals surface area (Å²) in [5.74, 6) is 0.278. The molecule has 0 aliphatic carbocycles. The maximum Gasteiger partial charge on any atom is 0.244 e. The Hall–Kier alpha value is -1.46. The first kappa shape index (κ1) is 20.8. The monoisotopic (exact) mass is 462 g/mol. The van der Waals surface area contributed by atoms with E-state index in [0.717, 1.165) is 5.56 Å². The molecule has 0 bridgehead atoms. The summed E-state index contributed by atoms with van der Waals surface area (Å²) in [5, 5.41) is 5.04. The van der Waals surface area contributed by atoms with Crippen LogP contribution in [0.25, 0.3) is 0 Å². The summed E-state index contributed by atoms with van der Waals surface area (Å²) in [5.41, 5.74) is 0.777. The molecular weight excluding hydrogens is 444 g/mol. The third kappa shape index (κ3) is 5.52. The largest absolute Gasteiger partial charge is 0.492 e. The number of benzene rings is 2. The van der Waals surface area contributed by atoms with Gasteiger partial charge in [-0.3, -0.25) is 0 Å². The topological polar surface area (TPSA) is 116 Å². The lowest BCUT2D eigenvalue weighted by Gasteiger charge is -2.12. The Morgan fingerprint density at radius 1 is 1.08 bits per heavy atom. The number of primary sulfonamides is 1. The highest BCUT2D eigenvalue weighted by Gasteiger charge is 2.19. The highest BCUT2D eigenvalue weighted by atomic mass is 79.9. The van der Waals surface area contributed by atoms with E-state index in [4.69, 9.17) is 9.88 Å². The fourth-order valence-corrected chi connectivity index (χ4v) is 4.45. The second-order valence-electron chi connectivity index (χ2n) is 5.36. The molecule has 3 N–H and O–H groups in total. The van der Waals surface area contributed by atoms with Gasteiger partial charge in [-0.05, 0) is 49.2 Å². The molecule has 2 rings (SSSR count). The maximum atomic E-state index is 12.5. The normalized spacial score (nSPS) is 12.1. The van der Waals surface area contributed by atoms with Gasteiger partial charge < -0.3 is 4.74 Å². The predicted molar refractivity (Wildman–Crippen MR) is 102 cm³/mol. The lowest BCUT2D eigenvalue weighted by molar-refractivity contribution is 0.331. The van der Waals surface area contributed by atoms with Crippen molar-refractivity contribution in [3.8, 4) is 5.75 Å². The van der Waals surface area contributed by atoms with Crippen molar-refractivity contribution in [1.29, 1.82) is 0 Å². The summed E-state index contributed by atoms with van der Waals surface area (Å²) in [6.45, 7) is 2.27. The lowest BCUT2D eigenvalue weighted by Crippen LogP contribution is -2.26. The Morgan fingerprint density at radius 3 is 2.31 bits per heavy atom. The van der Waals surface area contributed by atoms with Gasteiger partial charge in [0.15, 0.2) is 0 Å². The lowest BCUT2D eigenvalue weighted by atomic mass is 10.2. The third-order valence-corrected chi connectivity index (χ3v) is 6.36. The van der Waals surface area contributed by atoms with Gasteiger partial charge in [0.1, 0.15) is 10.6 Å². The van der Waals surface area contributed by atoms with E-state index in [2.05, 4.69) is 20.7 Å². The molecule has 0 saturated carbocycles. The minimum absolute atomic E-state index is 0.0114. The van der Waals surface area contributed by atoms with Crippen LogP contribution in [0.1, 0.15) is 12.5 Å². The average molecular weight is 463 g/mol. The van der Waals surface area contributed by atoms with Crippen molar-refractivity contribution in [3.63, 3.8) is 0 Å². The molecule has 26 heavy (non-hydrogen) atoms.